The smallest absolute Gasteiger partial charge is 0.260 e. The number of ether oxygens (including phenoxy) is 2. The van der Waals surface area contributed by atoms with Crippen LogP contribution in [0.1, 0.15) is 19.7 Å². The van der Waals surface area contributed by atoms with Crippen LogP contribution in [0.3, 0.4) is 0 Å². The highest BCUT2D eigenvalue weighted by Crippen LogP contribution is 2.31. The van der Waals surface area contributed by atoms with Crippen LogP contribution in [-0.4, -0.2) is 56.6 Å². The molecule has 2 atom stereocenters. The van der Waals surface area contributed by atoms with Gasteiger partial charge in [0.25, 0.3) is 5.56 Å². The summed E-state index contributed by atoms with van der Waals surface area (Å²) in [5, 5.41) is 8.35. The summed E-state index contributed by atoms with van der Waals surface area (Å²) in [7, 11) is 0. The Bertz CT molecular complexity index is 1440. The summed E-state index contributed by atoms with van der Waals surface area (Å²) in [5.41, 5.74) is 2.12. The summed E-state index contributed by atoms with van der Waals surface area (Å²) in [5.74, 6) is 1.32. The van der Waals surface area contributed by atoms with E-state index in [9.17, 15) is 4.79 Å². The summed E-state index contributed by atoms with van der Waals surface area (Å²) in [6, 6.07) is 7.04. The molecule has 10 nitrogen and oxygen atoms in total. The van der Waals surface area contributed by atoms with Crippen molar-refractivity contribution in [2.45, 2.75) is 39.5 Å². The van der Waals surface area contributed by atoms with E-state index in [4.69, 9.17) is 25.6 Å². The maximum Gasteiger partial charge on any atom is 0.260 e. The summed E-state index contributed by atoms with van der Waals surface area (Å²) < 4.78 is 17.9. The molecule has 1 saturated heterocycles. The van der Waals surface area contributed by atoms with Gasteiger partial charge >= 0.3 is 0 Å². The lowest BCUT2D eigenvalue weighted by Gasteiger charge is -2.19. The van der Waals surface area contributed by atoms with Crippen molar-refractivity contribution in [1.29, 1.82) is 0 Å². The lowest BCUT2D eigenvalue weighted by Crippen LogP contribution is -2.35. The van der Waals surface area contributed by atoms with Crippen LogP contribution in [-0.2, 0) is 16.0 Å². The Morgan fingerprint density at radius 2 is 2.06 bits per heavy atom. The second kappa shape index (κ2) is 9.73. The molecule has 0 bridgehead atoms. The molecule has 1 N–H and O–H groups in total. The number of rotatable bonds is 7. The SMILES string of the molecule is CCO[C@H]1COCC1Nc1ncc2cc(-c3ccc(-c4noc(C)n4)cc3Cl)c(=O)n(CC)c2n1. The molecule has 1 aliphatic heterocycles. The average molecular weight is 497 g/mol. The highest BCUT2D eigenvalue weighted by Gasteiger charge is 2.29. The number of nitrogens with zero attached hydrogens (tertiary/aromatic N) is 5. The van der Waals surface area contributed by atoms with Gasteiger partial charge in [0.1, 0.15) is 11.8 Å². The van der Waals surface area contributed by atoms with E-state index in [-0.39, 0.29) is 17.7 Å². The highest BCUT2D eigenvalue weighted by molar-refractivity contribution is 6.33. The predicted molar refractivity (Wildman–Crippen MR) is 132 cm³/mol. The van der Waals surface area contributed by atoms with Crippen LogP contribution in [0.4, 0.5) is 5.95 Å². The first-order valence-electron chi connectivity index (χ1n) is 11.5. The second-order valence-corrected chi connectivity index (χ2v) is 8.60. The Kier molecular flexibility index (Phi) is 6.50. The van der Waals surface area contributed by atoms with Crippen LogP contribution in [0.15, 0.2) is 39.8 Å². The molecule has 1 fully saturated rings. The molecule has 4 heterocycles. The van der Waals surface area contributed by atoms with Gasteiger partial charge in [0.05, 0.1) is 19.3 Å². The summed E-state index contributed by atoms with van der Waals surface area (Å²) in [4.78, 5) is 26.8. The van der Waals surface area contributed by atoms with Gasteiger partial charge in [-0.3, -0.25) is 9.36 Å². The molecule has 4 aromatic rings. The zero-order chi connectivity index (χ0) is 24.5. The molecule has 1 aromatic carbocycles. The first kappa shape index (κ1) is 23.4. The number of nitrogens with one attached hydrogen (secondary N) is 1. The minimum absolute atomic E-state index is 0.0613. The molecule has 0 radical (unpaired) electrons. The van der Waals surface area contributed by atoms with Crippen LogP contribution >= 0.6 is 11.6 Å². The molecule has 1 aliphatic rings. The lowest BCUT2D eigenvalue weighted by molar-refractivity contribution is 0.0477. The number of fused-ring (bicyclic) bond motifs is 1. The molecule has 35 heavy (non-hydrogen) atoms. The molecule has 1 unspecified atom stereocenters. The van der Waals surface area contributed by atoms with Gasteiger partial charge in [0, 0.05) is 53.4 Å². The van der Waals surface area contributed by atoms with E-state index in [1.54, 1.807) is 35.9 Å². The second-order valence-electron chi connectivity index (χ2n) is 8.19. The maximum absolute atomic E-state index is 13.5. The molecule has 182 valence electrons. The first-order chi connectivity index (χ1) is 17.0. The van der Waals surface area contributed by atoms with E-state index in [0.717, 1.165) is 5.39 Å². The number of hydrogen-bond donors (Lipinski definition) is 1. The fourth-order valence-electron chi connectivity index (χ4n) is 4.22. The predicted octanol–water partition coefficient (Wildman–Crippen LogP) is 3.71. The molecule has 3 aromatic heterocycles. The highest BCUT2D eigenvalue weighted by atomic mass is 35.5. The topological polar surface area (TPSA) is 117 Å². The van der Waals surface area contributed by atoms with E-state index in [2.05, 4.69) is 25.4 Å². The molecule has 0 aliphatic carbocycles. The minimum Gasteiger partial charge on any atom is -0.376 e. The van der Waals surface area contributed by atoms with Gasteiger partial charge in [-0.1, -0.05) is 28.9 Å². The maximum atomic E-state index is 13.5. The number of anilines is 1. The molecule has 5 rings (SSSR count). The van der Waals surface area contributed by atoms with Gasteiger partial charge in [-0.05, 0) is 26.0 Å². The van der Waals surface area contributed by atoms with Crippen LogP contribution in [0.5, 0.6) is 0 Å². The van der Waals surface area contributed by atoms with Crippen LogP contribution in [0, 0.1) is 6.92 Å². The largest absolute Gasteiger partial charge is 0.376 e. The monoisotopic (exact) mass is 496 g/mol. The number of halogens is 1. The van der Waals surface area contributed by atoms with Crippen molar-refractivity contribution in [3.05, 3.63) is 51.7 Å². The van der Waals surface area contributed by atoms with Crippen molar-refractivity contribution in [2.75, 3.05) is 25.1 Å². The minimum atomic E-state index is -0.189. The molecular weight excluding hydrogens is 472 g/mol. The van der Waals surface area contributed by atoms with Crippen molar-refractivity contribution >= 4 is 28.6 Å². The van der Waals surface area contributed by atoms with Gasteiger partial charge in [-0.25, -0.2) is 4.98 Å². The molecule has 0 spiro atoms. The van der Waals surface area contributed by atoms with E-state index in [1.807, 2.05) is 19.9 Å². The van der Waals surface area contributed by atoms with Crippen LogP contribution in [0.25, 0.3) is 33.5 Å². The quantitative estimate of drug-likeness (QED) is 0.408. The Labute approximate surface area is 206 Å². The van der Waals surface area contributed by atoms with Crippen molar-refractivity contribution in [3.63, 3.8) is 0 Å². The van der Waals surface area contributed by atoms with Gasteiger partial charge in [0.15, 0.2) is 0 Å². The number of aromatic nitrogens is 5. The van der Waals surface area contributed by atoms with E-state index in [0.29, 0.717) is 71.4 Å². The average Bonchev–Trinajstić information content (AvgIpc) is 3.48. The Balaban J connectivity index is 1.51. The van der Waals surface area contributed by atoms with E-state index in [1.165, 1.54) is 0 Å². The zero-order valence-electron chi connectivity index (χ0n) is 19.6. The molecular formula is C24H25ClN6O4. The molecule has 11 heteroatoms. The first-order valence-corrected chi connectivity index (χ1v) is 11.8. The number of aryl methyl sites for hydroxylation is 2. The van der Waals surface area contributed by atoms with Crippen LogP contribution in [0.2, 0.25) is 5.02 Å². The van der Waals surface area contributed by atoms with Gasteiger partial charge in [0.2, 0.25) is 17.7 Å². The zero-order valence-corrected chi connectivity index (χ0v) is 20.4. The number of benzene rings is 1. The van der Waals surface area contributed by atoms with E-state index >= 15 is 0 Å². The third-order valence-corrected chi connectivity index (χ3v) is 6.22. The van der Waals surface area contributed by atoms with Crippen molar-refractivity contribution in [1.82, 2.24) is 24.7 Å². The molecule has 0 amide bonds. The standard InChI is InChI=1S/C24H25ClN6O4/c1-4-31-22-15(10-26-24(29-22)28-19-11-33-12-20(19)34-5-2)8-17(23(31)32)16-7-6-14(9-18(16)25)21-27-13(3)35-30-21/h6-10,19-20H,4-5,11-12H2,1-3H3,(H,26,28,29)/t19?,20-/m0/s1. The summed E-state index contributed by atoms with van der Waals surface area (Å²) >= 11 is 6.60. The Morgan fingerprint density at radius 3 is 2.77 bits per heavy atom. The lowest BCUT2D eigenvalue weighted by atomic mass is 10.0. The van der Waals surface area contributed by atoms with Crippen molar-refractivity contribution < 1.29 is 14.0 Å². The van der Waals surface area contributed by atoms with Crippen molar-refractivity contribution in [2.24, 2.45) is 0 Å². The van der Waals surface area contributed by atoms with Gasteiger partial charge in [-0.15, -0.1) is 0 Å². The number of hydrogen-bond acceptors (Lipinski definition) is 9. The summed E-state index contributed by atoms with van der Waals surface area (Å²) in [6.07, 6.45) is 1.63. The third kappa shape index (κ3) is 4.52. The third-order valence-electron chi connectivity index (χ3n) is 5.91. The summed E-state index contributed by atoms with van der Waals surface area (Å²) in [6.45, 7) is 7.63. The van der Waals surface area contributed by atoms with Crippen LogP contribution < -0.4 is 10.9 Å². The van der Waals surface area contributed by atoms with E-state index < -0.39 is 0 Å². The van der Waals surface area contributed by atoms with Gasteiger partial charge in [-0.2, -0.15) is 9.97 Å². The Hall–Kier alpha value is -3.34. The Morgan fingerprint density at radius 1 is 1.20 bits per heavy atom. The number of pyridine rings is 1. The van der Waals surface area contributed by atoms with Crippen molar-refractivity contribution in [3.8, 4) is 22.5 Å². The van der Waals surface area contributed by atoms with Gasteiger partial charge < -0.3 is 19.3 Å². The molecule has 0 saturated carbocycles. The normalized spacial score (nSPS) is 17.8. The fraction of sp³-hybridized carbons (Fsp3) is 0.375. The fourth-order valence-corrected chi connectivity index (χ4v) is 4.50.